The third-order valence-corrected chi connectivity index (χ3v) is 9.99. The van der Waals surface area contributed by atoms with Gasteiger partial charge in [0.05, 0.1) is 40.4 Å². The van der Waals surface area contributed by atoms with Crippen LogP contribution in [0.25, 0.3) is 0 Å². The van der Waals surface area contributed by atoms with Gasteiger partial charge in [-0.25, -0.2) is 18.2 Å². The summed E-state index contributed by atoms with van der Waals surface area (Å²) in [5.41, 5.74) is 5.79. The average Bonchev–Trinajstić information content (AvgIpc) is 3.05. The largest absolute Gasteiger partial charge is 0.496 e. The summed E-state index contributed by atoms with van der Waals surface area (Å²) in [6.45, 7) is 1.73. The van der Waals surface area contributed by atoms with Crippen molar-refractivity contribution in [3.8, 4) is 5.75 Å². The van der Waals surface area contributed by atoms with Crippen molar-refractivity contribution in [1.82, 2.24) is 0 Å². The maximum absolute atomic E-state index is 14.1. The van der Waals surface area contributed by atoms with Gasteiger partial charge in [-0.3, -0.25) is 10.2 Å². The van der Waals surface area contributed by atoms with E-state index in [9.17, 15) is 23.1 Å². The number of hydrogen-bond acceptors (Lipinski definition) is 7. The number of carbonyl (C=O) groups excluding carboxylic acids is 1. The summed E-state index contributed by atoms with van der Waals surface area (Å²) >= 11 is 3.43. The van der Waals surface area contributed by atoms with Crippen LogP contribution >= 0.6 is 15.9 Å². The molecule has 1 aliphatic rings. The number of nitrogens with one attached hydrogen (secondary N) is 1. The molecule has 1 amide bonds. The second kappa shape index (κ2) is 13.5. The SMILES string of the molecule is COc1cc(CC(=O)N(Nc2ccc(S(=O)(=O)c3ccccc3)cc2)c2ccccc2N2CCCCC2)c(Br)cc1C(=O)O. The summed E-state index contributed by atoms with van der Waals surface area (Å²) < 4.78 is 32.0. The zero-order chi connectivity index (χ0) is 31.3. The Morgan fingerprint density at radius 1 is 0.909 bits per heavy atom. The van der Waals surface area contributed by atoms with Gasteiger partial charge in [0, 0.05) is 17.6 Å². The van der Waals surface area contributed by atoms with Crippen molar-refractivity contribution in [2.75, 3.05) is 35.5 Å². The molecule has 0 bridgehead atoms. The predicted octanol–water partition coefficient (Wildman–Crippen LogP) is 6.58. The van der Waals surface area contributed by atoms with E-state index in [4.69, 9.17) is 4.74 Å². The molecule has 0 radical (unpaired) electrons. The number of para-hydroxylation sites is 2. The quantitative estimate of drug-likeness (QED) is 0.181. The molecule has 5 rings (SSSR count). The number of benzene rings is 4. The van der Waals surface area contributed by atoms with Gasteiger partial charge in [0.2, 0.25) is 15.7 Å². The van der Waals surface area contributed by atoms with E-state index in [2.05, 4.69) is 26.3 Å². The van der Waals surface area contributed by atoms with Gasteiger partial charge < -0.3 is 14.7 Å². The Labute approximate surface area is 265 Å². The van der Waals surface area contributed by atoms with E-state index in [1.807, 2.05) is 24.3 Å². The average molecular weight is 679 g/mol. The molecule has 1 fully saturated rings. The molecule has 0 aliphatic carbocycles. The van der Waals surface area contributed by atoms with Gasteiger partial charge in [0.1, 0.15) is 11.3 Å². The fraction of sp³-hybridized carbons (Fsp3) is 0.212. The summed E-state index contributed by atoms with van der Waals surface area (Å²) in [4.78, 5) is 28.4. The highest BCUT2D eigenvalue weighted by atomic mass is 79.9. The van der Waals surface area contributed by atoms with Gasteiger partial charge in [-0.15, -0.1) is 0 Å². The molecule has 4 aromatic carbocycles. The van der Waals surface area contributed by atoms with E-state index in [-0.39, 0.29) is 33.4 Å². The molecular formula is C33H32BrN3O6S. The second-order valence-electron chi connectivity index (χ2n) is 10.3. The van der Waals surface area contributed by atoms with Crippen molar-refractivity contribution < 1.29 is 27.9 Å². The van der Waals surface area contributed by atoms with E-state index in [0.717, 1.165) is 38.0 Å². The number of hydrazine groups is 1. The fourth-order valence-electron chi connectivity index (χ4n) is 5.19. The molecule has 44 heavy (non-hydrogen) atoms. The minimum atomic E-state index is -3.71. The van der Waals surface area contributed by atoms with Crippen LogP contribution in [-0.4, -0.2) is 45.6 Å². The highest BCUT2D eigenvalue weighted by Gasteiger charge is 2.25. The molecule has 1 saturated heterocycles. The molecular weight excluding hydrogens is 646 g/mol. The number of carboxylic acids is 1. The fourth-order valence-corrected chi connectivity index (χ4v) is 6.96. The minimum Gasteiger partial charge on any atom is -0.496 e. The lowest BCUT2D eigenvalue weighted by molar-refractivity contribution is -0.117. The van der Waals surface area contributed by atoms with Gasteiger partial charge in [0.25, 0.3) is 0 Å². The zero-order valence-corrected chi connectivity index (χ0v) is 26.5. The summed E-state index contributed by atoms with van der Waals surface area (Å²) in [7, 11) is -2.33. The third kappa shape index (κ3) is 6.74. The van der Waals surface area contributed by atoms with Gasteiger partial charge in [-0.05, 0) is 85.5 Å². The van der Waals surface area contributed by atoms with Crippen molar-refractivity contribution in [3.05, 3.63) is 107 Å². The molecule has 0 saturated carbocycles. The van der Waals surface area contributed by atoms with Crippen LogP contribution in [0.3, 0.4) is 0 Å². The Kier molecular flexibility index (Phi) is 9.55. The van der Waals surface area contributed by atoms with Crippen molar-refractivity contribution in [2.45, 2.75) is 35.5 Å². The van der Waals surface area contributed by atoms with E-state index in [1.165, 1.54) is 30.3 Å². The number of carbonyl (C=O) groups is 2. The van der Waals surface area contributed by atoms with E-state index in [0.29, 0.717) is 21.4 Å². The van der Waals surface area contributed by atoms with Gasteiger partial charge in [-0.2, -0.15) is 0 Å². The number of methoxy groups -OCH3 is 1. The van der Waals surface area contributed by atoms with Crippen molar-refractivity contribution >= 4 is 54.7 Å². The number of nitrogens with zero attached hydrogens (tertiary/aromatic N) is 2. The highest BCUT2D eigenvalue weighted by Crippen LogP contribution is 2.34. The van der Waals surface area contributed by atoms with Crippen LogP contribution < -0.4 is 20.1 Å². The molecule has 0 aromatic heterocycles. The molecule has 228 valence electrons. The number of sulfone groups is 1. The lowest BCUT2D eigenvalue weighted by Crippen LogP contribution is -2.39. The van der Waals surface area contributed by atoms with E-state index < -0.39 is 15.8 Å². The van der Waals surface area contributed by atoms with Crippen molar-refractivity contribution in [3.63, 3.8) is 0 Å². The Morgan fingerprint density at radius 2 is 1.55 bits per heavy atom. The van der Waals surface area contributed by atoms with Crippen LogP contribution in [0.2, 0.25) is 0 Å². The summed E-state index contributed by atoms with van der Waals surface area (Å²) in [6.07, 6.45) is 3.17. The first-order valence-corrected chi connectivity index (χ1v) is 16.4. The first kappa shape index (κ1) is 31.1. The maximum Gasteiger partial charge on any atom is 0.339 e. The molecule has 0 atom stereocenters. The number of carboxylic acid groups (broad SMARTS) is 1. The number of anilines is 3. The predicted molar refractivity (Wildman–Crippen MR) is 173 cm³/mol. The molecule has 9 nitrogen and oxygen atoms in total. The monoisotopic (exact) mass is 677 g/mol. The number of halogens is 1. The topological polar surface area (TPSA) is 116 Å². The molecule has 1 heterocycles. The first-order chi connectivity index (χ1) is 21.2. The van der Waals surface area contributed by atoms with Gasteiger partial charge >= 0.3 is 5.97 Å². The van der Waals surface area contributed by atoms with Crippen molar-refractivity contribution in [1.29, 1.82) is 0 Å². The third-order valence-electron chi connectivity index (χ3n) is 7.47. The minimum absolute atomic E-state index is 0.0217. The van der Waals surface area contributed by atoms with Crippen LogP contribution in [0.1, 0.15) is 35.2 Å². The zero-order valence-electron chi connectivity index (χ0n) is 24.1. The van der Waals surface area contributed by atoms with E-state index >= 15 is 0 Å². The van der Waals surface area contributed by atoms with Crippen LogP contribution in [-0.2, 0) is 21.1 Å². The number of piperidine rings is 1. The Hall–Kier alpha value is -4.35. The number of rotatable bonds is 10. The number of amides is 1. The second-order valence-corrected chi connectivity index (χ2v) is 13.1. The van der Waals surface area contributed by atoms with Crippen LogP contribution in [0.15, 0.2) is 105 Å². The molecule has 11 heteroatoms. The van der Waals surface area contributed by atoms with Crippen molar-refractivity contribution in [2.24, 2.45) is 0 Å². The number of ether oxygens (including phenoxy) is 1. The van der Waals surface area contributed by atoms with Crippen LogP contribution in [0, 0.1) is 0 Å². The molecule has 0 spiro atoms. The summed E-state index contributed by atoms with van der Waals surface area (Å²) in [5, 5.41) is 11.0. The first-order valence-electron chi connectivity index (χ1n) is 14.1. The molecule has 4 aromatic rings. The number of aromatic carboxylic acids is 1. The standard InChI is InChI=1S/C33H32BrN3O6S/c1-43-31-20-23(28(34)22-27(31)33(39)40)21-32(38)37(30-13-7-6-12-29(30)36-18-8-3-9-19-36)35-24-14-16-26(17-15-24)44(41,42)25-10-4-2-5-11-25/h2,4-7,10-17,20,22,35H,3,8-9,18-19,21H2,1H3,(H,39,40). The van der Waals surface area contributed by atoms with E-state index in [1.54, 1.807) is 48.5 Å². The molecule has 0 unspecified atom stereocenters. The Balaban J connectivity index is 1.50. The Bertz CT molecular complexity index is 1760. The normalized spacial score (nSPS) is 13.3. The van der Waals surface area contributed by atoms with Gasteiger partial charge in [0.15, 0.2) is 0 Å². The van der Waals surface area contributed by atoms with Crippen LogP contribution in [0.4, 0.5) is 17.1 Å². The highest BCUT2D eigenvalue weighted by molar-refractivity contribution is 9.10. The van der Waals surface area contributed by atoms with Gasteiger partial charge in [-0.1, -0.05) is 46.3 Å². The lowest BCUT2D eigenvalue weighted by Gasteiger charge is -2.34. The lowest BCUT2D eigenvalue weighted by atomic mass is 10.1. The maximum atomic E-state index is 14.1. The summed E-state index contributed by atoms with van der Waals surface area (Å²) in [5.74, 6) is -1.31. The smallest absolute Gasteiger partial charge is 0.339 e. The molecule has 1 aliphatic heterocycles. The summed E-state index contributed by atoms with van der Waals surface area (Å²) in [6, 6.07) is 25.1. The van der Waals surface area contributed by atoms with Crippen LogP contribution in [0.5, 0.6) is 5.75 Å². The Morgan fingerprint density at radius 3 is 2.20 bits per heavy atom. The number of hydrogen-bond donors (Lipinski definition) is 2. The molecule has 2 N–H and O–H groups in total.